The lowest BCUT2D eigenvalue weighted by Crippen LogP contribution is -2.07. The molecule has 2 aromatic heterocycles. The average molecular weight is 368 g/mol. The topological polar surface area (TPSA) is 81.1 Å². The van der Waals surface area contributed by atoms with Gasteiger partial charge in [0.2, 0.25) is 0 Å². The SMILES string of the molecule is CC(C(=O)O)c1oc(-n2cnc3ccccc32)nc1-c1ccc(Cl)cc1. The van der Waals surface area contributed by atoms with Gasteiger partial charge in [-0.05, 0) is 31.2 Å². The lowest BCUT2D eigenvalue weighted by atomic mass is 10.0. The molecule has 0 aliphatic carbocycles. The van der Waals surface area contributed by atoms with E-state index in [9.17, 15) is 9.90 Å². The van der Waals surface area contributed by atoms with Gasteiger partial charge in [0, 0.05) is 10.6 Å². The van der Waals surface area contributed by atoms with Gasteiger partial charge in [-0.25, -0.2) is 4.98 Å². The molecule has 1 atom stereocenters. The average Bonchev–Trinajstić information content (AvgIpc) is 3.25. The van der Waals surface area contributed by atoms with Gasteiger partial charge in [0.15, 0.2) is 0 Å². The first-order valence-electron chi connectivity index (χ1n) is 7.96. The van der Waals surface area contributed by atoms with Gasteiger partial charge in [0.05, 0.1) is 11.0 Å². The summed E-state index contributed by atoms with van der Waals surface area (Å²) in [7, 11) is 0. The van der Waals surface area contributed by atoms with Crippen molar-refractivity contribution in [3.63, 3.8) is 0 Å². The standard InChI is InChI=1S/C19H14ClN3O3/c1-11(18(24)25)17-16(12-6-8-13(20)9-7-12)22-19(26-17)23-10-21-14-4-2-3-5-15(14)23/h2-11H,1H3,(H,24,25). The summed E-state index contributed by atoms with van der Waals surface area (Å²) in [6.45, 7) is 1.57. The van der Waals surface area contributed by atoms with Crippen molar-refractivity contribution in [2.45, 2.75) is 12.8 Å². The van der Waals surface area contributed by atoms with E-state index < -0.39 is 11.9 Å². The van der Waals surface area contributed by atoms with Crippen LogP contribution in [0.1, 0.15) is 18.6 Å². The van der Waals surface area contributed by atoms with E-state index in [1.807, 2.05) is 24.3 Å². The molecule has 0 radical (unpaired) electrons. The molecule has 26 heavy (non-hydrogen) atoms. The number of carboxylic acid groups (broad SMARTS) is 1. The van der Waals surface area contributed by atoms with Crippen molar-refractivity contribution < 1.29 is 14.3 Å². The van der Waals surface area contributed by atoms with Crippen LogP contribution in [-0.2, 0) is 4.79 Å². The molecule has 0 bridgehead atoms. The summed E-state index contributed by atoms with van der Waals surface area (Å²) >= 11 is 5.95. The van der Waals surface area contributed by atoms with E-state index >= 15 is 0 Å². The number of carbonyl (C=O) groups is 1. The second-order valence-electron chi connectivity index (χ2n) is 5.88. The fraction of sp³-hybridized carbons (Fsp3) is 0.105. The Morgan fingerprint density at radius 1 is 1.19 bits per heavy atom. The van der Waals surface area contributed by atoms with Crippen LogP contribution in [0.25, 0.3) is 28.3 Å². The zero-order valence-corrected chi connectivity index (χ0v) is 14.5. The van der Waals surface area contributed by atoms with Crippen LogP contribution in [0.5, 0.6) is 0 Å². The Balaban J connectivity index is 1.91. The highest BCUT2D eigenvalue weighted by Crippen LogP contribution is 2.32. The lowest BCUT2D eigenvalue weighted by Gasteiger charge is -2.05. The van der Waals surface area contributed by atoms with Crippen LogP contribution in [0.2, 0.25) is 5.02 Å². The Morgan fingerprint density at radius 3 is 2.65 bits per heavy atom. The Bertz CT molecular complexity index is 1100. The molecule has 1 N–H and O–H groups in total. The van der Waals surface area contributed by atoms with Crippen molar-refractivity contribution in [2.24, 2.45) is 0 Å². The Labute approximate surface area is 153 Å². The monoisotopic (exact) mass is 367 g/mol. The number of rotatable bonds is 4. The van der Waals surface area contributed by atoms with Crippen molar-refractivity contribution >= 4 is 28.6 Å². The predicted molar refractivity (Wildman–Crippen MR) is 97.6 cm³/mol. The van der Waals surface area contributed by atoms with Crippen LogP contribution in [0.4, 0.5) is 0 Å². The smallest absolute Gasteiger partial charge is 0.314 e. The number of benzene rings is 2. The minimum atomic E-state index is -0.988. The zero-order valence-electron chi connectivity index (χ0n) is 13.8. The molecular weight excluding hydrogens is 354 g/mol. The molecule has 2 heterocycles. The first-order valence-corrected chi connectivity index (χ1v) is 8.34. The first kappa shape index (κ1) is 16.4. The molecule has 0 saturated carbocycles. The highest BCUT2D eigenvalue weighted by molar-refractivity contribution is 6.30. The number of aliphatic carboxylic acids is 1. The van der Waals surface area contributed by atoms with E-state index in [-0.39, 0.29) is 11.8 Å². The van der Waals surface area contributed by atoms with Gasteiger partial charge >= 0.3 is 12.0 Å². The first-order chi connectivity index (χ1) is 12.5. The summed E-state index contributed by atoms with van der Waals surface area (Å²) < 4.78 is 7.57. The number of halogens is 1. The van der Waals surface area contributed by atoms with E-state index in [4.69, 9.17) is 16.0 Å². The lowest BCUT2D eigenvalue weighted by molar-refractivity contribution is -0.138. The fourth-order valence-electron chi connectivity index (χ4n) is 2.76. The van der Waals surface area contributed by atoms with E-state index in [0.29, 0.717) is 10.7 Å². The Kier molecular flexibility index (Phi) is 3.97. The second kappa shape index (κ2) is 6.31. The number of nitrogens with zero attached hydrogens (tertiary/aromatic N) is 3. The largest absolute Gasteiger partial charge is 0.481 e. The minimum absolute atomic E-state index is 0.270. The van der Waals surface area contributed by atoms with E-state index in [1.54, 1.807) is 42.1 Å². The third-order valence-corrected chi connectivity index (χ3v) is 4.44. The van der Waals surface area contributed by atoms with Crippen LogP contribution < -0.4 is 0 Å². The van der Waals surface area contributed by atoms with Crippen LogP contribution in [0.15, 0.2) is 59.3 Å². The van der Waals surface area contributed by atoms with Gasteiger partial charge in [-0.2, -0.15) is 4.98 Å². The highest BCUT2D eigenvalue weighted by atomic mass is 35.5. The number of carboxylic acids is 1. The number of para-hydroxylation sites is 2. The molecule has 0 aliphatic rings. The summed E-state index contributed by atoms with van der Waals surface area (Å²) in [6, 6.07) is 14.9. The van der Waals surface area contributed by atoms with Crippen LogP contribution >= 0.6 is 11.6 Å². The Morgan fingerprint density at radius 2 is 1.92 bits per heavy atom. The van der Waals surface area contributed by atoms with Crippen molar-refractivity contribution in [1.29, 1.82) is 0 Å². The number of imidazole rings is 1. The molecule has 130 valence electrons. The molecule has 0 amide bonds. The van der Waals surface area contributed by atoms with Gasteiger partial charge in [-0.1, -0.05) is 35.9 Å². The summed E-state index contributed by atoms with van der Waals surface area (Å²) in [4.78, 5) is 20.4. The van der Waals surface area contributed by atoms with Crippen LogP contribution in [0, 0.1) is 0 Å². The zero-order chi connectivity index (χ0) is 18.3. The van der Waals surface area contributed by atoms with Crippen LogP contribution in [0.3, 0.4) is 0 Å². The molecule has 7 heteroatoms. The minimum Gasteiger partial charge on any atom is -0.481 e. The molecule has 4 rings (SSSR count). The third kappa shape index (κ3) is 2.74. The summed E-state index contributed by atoms with van der Waals surface area (Å²) in [5.41, 5.74) is 2.83. The van der Waals surface area contributed by atoms with Crippen molar-refractivity contribution in [2.75, 3.05) is 0 Å². The van der Waals surface area contributed by atoms with Gasteiger partial charge < -0.3 is 9.52 Å². The highest BCUT2D eigenvalue weighted by Gasteiger charge is 2.26. The molecule has 0 fully saturated rings. The maximum Gasteiger partial charge on any atom is 0.314 e. The number of oxazole rings is 1. The molecule has 2 aromatic carbocycles. The van der Waals surface area contributed by atoms with Crippen molar-refractivity contribution in [3.8, 4) is 17.3 Å². The summed E-state index contributed by atoms with van der Waals surface area (Å²) in [5, 5.41) is 10.0. The van der Waals surface area contributed by atoms with Crippen molar-refractivity contribution in [3.05, 3.63) is 65.6 Å². The number of hydrogen-bond acceptors (Lipinski definition) is 4. The fourth-order valence-corrected chi connectivity index (χ4v) is 2.88. The quantitative estimate of drug-likeness (QED) is 0.573. The van der Waals surface area contributed by atoms with Gasteiger partial charge in [0.1, 0.15) is 23.7 Å². The number of fused-ring (bicyclic) bond motifs is 1. The van der Waals surface area contributed by atoms with Gasteiger partial charge in [-0.3, -0.25) is 9.36 Å². The van der Waals surface area contributed by atoms with Crippen molar-refractivity contribution in [1.82, 2.24) is 14.5 Å². The van der Waals surface area contributed by atoms with Gasteiger partial charge in [-0.15, -0.1) is 0 Å². The predicted octanol–water partition coefficient (Wildman–Crippen LogP) is 4.52. The summed E-state index contributed by atoms with van der Waals surface area (Å²) in [5.74, 6) is -1.55. The molecule has 6 nitrogen and oxygen atoms in total. The van der Waals surface area contributed by atoms with Crippen LogP contribution in [-0.4, -0.2) is 25.6 Å². The van der Waals surface area contributed by atoms with E-state index in [0.717, 1.165) is 16.6 Å². The molecule has 0 saturated heterocycles. The molecule has 4 aromatic rings. The summed E-state index contributed by atoms with van der Waals surface area (Å²) in [6.07, 6.45) is 1.61. The molecule has 0 aliphatic heterocycles. The third-order valence-electron chi connectivity index (χ3n) is 4.18. The van der Waals surface area contributed by atoms with Gasteiger partial charge in [0.25, 0.3) is 0 Å². The molecule has 1 unspecified atom stereocenters. The normalized spacial score (nSPS) is 12.4. The maximum atomic E-state index is 11.5. The molecular formula is C19H14ClN3O3. The maximum absolute atomic E-state index is 11.5. The number of hydrogen-bond donors (Lipinski definition) is 1. The second-order valence-corrected chi connectivity index (χ2v) is 6.32. The number of aromatic nitrogens is 3. The molecule has 0 spiro atoms. The Hall–Kier alpha value is -3.12. The van der Waals surface area contributed by atoms with E-state index in [1.165, 1.54) is 0 Å². The van der Waals surface area contributed by atoms with E-state index in [2.05, 4.69) is 9.97 Å².